The van der Waals surface area contributed by atoms with Crippen LogP contribution in [0.5, 0.6) is 0 Å². The number of fused-ring (bicyclic) bond motifs is 1. The van der Waals surface area contributed by atoms with Crippen LogP contribution in [0.4, 0.5) is 4.39 Å². The van der Waals surface area contributed by atoms with Gasteiger partial charge in [0.1, 0.15) is 5.82 Å². The Kier molecular flexibility index (Phi) is 4.46. The van der Waals surface area contributed by atoms with Gasteiger partial charge in [-0.15, -0.1) is 12.6 Å². The number of halogens is 1. The van der Waals surface area contributed by atoms with Crippen molar-refractivity contribution in [1.29, 1.82) is 0 Å². The van der Waals surface area contributed by atoms with Crippen molar-refractivity contribution in [2.45, 2.75) is 43.4 Å². The number of rotatable bonds is 3. The van der Waals surface area contributed by atoms with E-state index in [1.165, 1.54) is 18.6 Å². The summed E-state index contributed by atoms with van der Waals surface area (Å²) in [6, 6.07) is 6.37. The maximum Gasteiger partial charge on any atom is 0.258 e. The molecule has 0 saturated heterocycles. The van der Waals surface area contributed by atoms with Crippen LogP contribution in [0.15, 0.2) is 34.2 Å². The van der Waals surface area contributed by atoms with Gasteiger partial charge in [0, 0.05) is 12.1 Å². The number of aromatic nitrogens is 2. The standard InChI is InChI=1S/C18H21BFN3OS/c19-22-9-8-14-15(10-22)21-18(25)23(17(14)24)16(11-2-1-3-11)12-4-6-13(20)7-5-12/h4-7,11,16H,1-3,8-10,19H2,(H,21,25). The van der Waals surface area contributed by atoms with E-state index < -0.39 is 0 Å². The number of hydrogen-bond donors (Lipinski definition) is 1. The second-order valence-electron chi connectivity index (χ2n) is 7.19. The minimum Gasteiger partial charge on any atom is -0.343 e. The normalized spacial score (nSPS) is 19.3. The Morgan fingerprint density at radius 2 is 2.00 bits per heavy atom. The molecule has 1 aliphatic carbocycles. The molecule has 0 bridgehead atoms. The molecule has 4 rings (SSSR count). The predicted octanol–water partition coefficient (Wildman–Crippen LogP) is 1.97. The molecule has 2 aliphatic rings. The zero-order valence-corrected chi connectivity index (χ0v) is 15.2. The minimum absolute atomic E-state index is 0.0179. The molecule has 1 saturated carbocycles. The summed E-state index contributed by atoms with van der Waals surface area (Å²) in [5, 5.41) is 0.459. The van der Waals surface area contributed by atoms with Crippen LogP contribution in [-0.4, -0.2) is 28.9 Å². The summed E-state index contributed by atoms with van der Waals surface area (Å²) in [5.74, 6) is 0.112. The van der Waals surface area contributed by atoms with Gasteiger partial charge in [0.05, 0.1) is 11.7 Å². The maximum atomic E-state index is 13.4. The van der Waals surface area contributed by atoms with E-state index in [4.69, 9.17) is 0 Å². The van der Waals surface area contributed by atoms with Gasteiger partial charge in [-0.05, 0) is 49.4 Å². The molecule has 7 heteroatoms. The highest BCUT2D eigenvalue weighted by atomic mass is 32.1. The van der Waals surface area contributed by atoms with Crippen molar-refractivity contribution in [2.24, 2.45) is 5.92 Å². The van der Waals surface area contributed by atoms with Crippen LogP contribution in [0.3, 0.4) is 0 Å². The van der Waals surface area contributed by atoms with Gasteiger partial charge in [-0.1, -0.05) is 18.6 Å². The summed E-state index contributed by atoms with van der Waals surface area (Å²) in [6.07, 6.45) is 4.03. The molecular weight excluding hydrogens is 336 g/mol. The van der Waals surface area contributed by atoms with Crippen molar-refractivity contribution in [3.05, 3.63) is 57.3 Å². The Morgan fingerprint density at radius 3 is 2.64 bits per heavy atom. The molecule has 1 aromatic heterocycles. The fourth-order valence-corrected chi connectivity index (χ4v) is 4.26. The van der Waals surface area contributed by atoms with Crippen LogP contribution in [0.1, 0.15) is 42.1 Å². The molecule has 2 aromatic rings. The van der Waals surface area contributed by atoms with Gasteiger partial charge in [-0.2, -0.15) is 0 Å². The Morgan fingerprint density at radius 1 is 1.28 bits per heavy atom. The summed E-state index contributed by atoms with van der Waals surface area (Å²) >= 11 is 4.56. The summed E-state index contributed by atoms with van der Waals surface area (Å²) in [7, 11) is 2.03. The molecule has 0 spiro atoms. The van der Waals surface area contributed by atoms with Crippen LogP contribution >= 0.6 is 12.6 Å². The van der Waals surface area contributed by atoms with Crippen LogP contribution in [0.2, 0.25) is 0 Å². The lowest BCUT2D eigenvalue weighted by Crippen LogP contribution is -2.40. The van der Waals surface area contributed by atoms with E-state index in [0.29, 0.717) is 24.0 Å². The molecule has 1 unspecified atom stereocenters. The van der Waals surface area contributed by atoms with Crippen LogP contribution in [0, 0.1) is 11.7 Å². The SMILES string of the molecule is BN1CCc2c(nc(S)n(C(c3ccc(F)cc3)C3CCC3)c2=O)C1. The quantitative estimate of drug-likeness (QED) is 0.519. The molecule has 1 fully saturated rings. The second-order valence-corrected chi connectivity index (χ2v) is 7.59. The molecule has 4 nitrogen and oxygen atoms in total. The van der Waals surface area contributed by atoms with E-state index in [9.17, 15) is 9.18 Å². The molecule has 1 aromatic carbocycles. The third kappa shape index (κ3) is 3.04. The average Bonchev–Trinajstić information content (AvgIpc) is 2.52. The molecule has 1 atom stereocenters. The van der Waals surface area contributed by atoms with Crippen LogP contribution in [0.25, 0.3) is 0 Å². The predicted molar refractivity (Wildman–Crippen MR) is 100 cm³/mol. The minimum atomic E-state index is -0.263. The fourth-order valence-electron chi connectivity index (χ4n) is 3.92. The third-order valence-electron chi connectivity index (χ3n) is 5.52. The van der Waals surface area contributed by atoms with Gasteiger partial charge in [0.15, 0.2) is 13.1 Å². The first-order chi connectivity index (χ1) is 12.0. The number of benzene rings is 1. The molecule has 0 amide bonds. The van der Waals surface area contributed by atoms with Crippen molar-refractivity contribution in [2.75, 3.05) is 6.54 Å². The van der Waals surface area contributed by atoms with Crippen molar-refractivity contribution in [3.8, 4) is 0 Å². The Bertz CT molecular complexity index is 851. The van der Waals surface area contributed by atoms with Gasteiger partial charge in [-0.3, -0.25) is 9.36 Å². The monoisotopic (exact) mass is 357 g/mol. The number of nitrogens with zero attached hydrogens (tertiary/aromatic N) is 3. The van der Waals surface area contributed by atoms with Gasteiger partial charge in [-0.25, -0.2) is 9.37 Å². The first kappa shape index (κ1) is 16.9. The number of thiol groups is 1. The Hall–Kier alpha value is -1.60. The van der Waals surface area contributed by atoms with E-state index in [2.05, 4.69) is 22.4 Å². The smallest absolute Gasteiger partial charge is 0.258 e. The molecule has 25 heavy (non-hydrogen) atoms. The lowest BCUT2D eigenvalue weighted by atomic mass is 9.77. The highest BCUT2D eigenvalue weighted by molar-refractivity contribution is 7.80. The molecule has 0 N–H and O–H groups in total. The number of hydrogen-bond acceptors (Lipinski definition) is 4. The average molecular weight is 357 g/mol. The lowest BCUT2D eigenvalue weighted by molar-refractivity contribution is 0.221. The highest BCUT2D eigenvalue weighted by Gasteiger charge is 2.33. The zero-order chi connectivity index (χ0) is 17.6. The van der Waals surface area contributed by atoms with Gasteiger partial charge >= 0.3 is 0 Å². The summed E-state index contributed by atoms with van der Waals surface area (Å²) in [4.78, 5) is 20.1. The molecule has 0 radical (unpaired) electrons. The highest BCUT2D eigenvalue weighted by Crippen LogP contribution is 2.40. The fraction of sp³-hybridized carbons (Fsp3) is 0.444. The molecule has 1 aliphatic heterocycles. The maximum absolute atomic E-state index is 13.4. The second kappa shape index (κ2) is 6.61. The topological polar surface area (TPSA) is 38.1 Å². The Balaban J connectivity index is 1.85. The van der Waals surface area contributed by atoms with Gasteiger partial charge in [0.2, 0.25) is 0 Å². The van der Waals surface area contributed by atoms with Crippen molar-refractivity contribution in [3.63, 3.8) is 0 Å². The van der Waals surface area contributed by atoms with Crippen molar-refractivity contribution in [1.82, 2.24) is 14.4 Å². The largest absolute Gasteiger partial charge is 0.343 e. The summed E-state index contributed by atoms with van der Waals surface area (Å²) < 4.78 is 15.1. The third-order valence-corrected chi connectivity index (χ3v) is 5.84. The summed E-state index contributed by atoms with van der Waals surface area (Å²) in [6.45, 7) is 1.55. The molecule has 2 heterocycles. The van der Waals surface area contributed by atoms with E-state index in [0.717, 1.165) is 36.2 Å². The van der Waals surface area contributed by atoms with Crippen molar-refractivity contribution < 1.29 is 4.39 Å². The first-order valence-electron chi connectivity index (χ1n) is 8.82. The first-order valence-corrected chi connectivity index (χ1v) is 9.26. The van der Waals surface area contributed by atoms with Crippen LogP contribution < -0.4 is 5.56 Å². The zero-order valence-electron chi connectivity index (χ0n) is 14.3. The van der Waals surface area contributed by atoms with Gasteiger partial charge < -0.3 is 4.81 Å². The van der Waals surface area contributed by atoms with Crippen LogP contribution in [-0.2, 0) is 13.0 Å². The van der Waals surface area contributed by atoms with E-state index in [1.54, 1.807) is 16.7 Å². The summed E-state index contributed by atoms with van der Waals surface area (Å²) in [5.41, 5.74) is 2.62. The van der Waals surface area contributed by atoms with Gasteiger partial charge in [0.25, 0.3) is 5.56 Å². The molecular formula is C18H21BFN3OS. The van der Waals surface area contributed by atoms with E-state index in [1.807, 2.05) is 7.98 Å². The van der Waals surface area contributed by atoms with E-state index in [-0.39, 0.29) is 17.4 Å². The van der Waals surface area contributed by atoms with E-state index >= 15 is 0 Å². The molecule has 130 valence electrons. The van der Waals surface area contributed by atoms with Crippen molar-refractivity contribution >= 4 is 20.6 Å². The Labute approximate surface area is 152 Å². The lowest BCUT2D eigenvalue weighted by Gasteiger charge is -2.36.